The maximum absolute atomic E-state index is 8.63. The molecule has 0 aliphatic rings. The van der Waals surface area contributed by atoms with Crippen LogP contribution in [0.5, 0.6) is 0 Å². The van der Waals surface area contributed by atoms with Gasteiger partial charge >= 0.3 is 0 Å². The average Bonchev–Trinajstić information content (AvgIpc) is 1.56. The van der Waals surface area contributed by atoms with Crippen LogP contribution in [0.4, 0.5) is 0 Å². The van der Waals surface area contributed by atoms with Crippen molar-refractivity contribution in [1.29, 1.82) is 0 Å². The zero-order valence-corrected chi connectivity index (χ0v) is 78.2. The molecule has 147 heavy (non-hydrogen) atoms. The van der Waals surface area contributed by atoms with E-state index >= 15 is 0 Å². The Hall–Kier alpha value is -20.0. The van der Waals surface area contributed by atoms with Crippen LogP contribution in [0.25, 0.3) is 299 Å². The molecule has 0 atom stereocenters. The van der Waals surface area contributed by atoms with E-state index in [-0.39, 0.29) is 46.9 Å². The molecule has 0 spiro atoms. The van der Waals surface area contributed by atoms with Gasteiger partial charge in [0.1, 0.15) is 33.5 Å². The smallest absolute Gasteiger partial charge is 0.164 e. The normalized spacial score (nSPS) is 12.6. The fourth-order valence-electron chi connectivity index (χ4n) is 20.9. The summed E-state index contributed by atoms with van der Waals surface area (Å²) in [7, 11) is 0. The van der Waals surface area contributed by atoms with Gasteiger partial charge in [-0.25, -0.2) is 44.9 Å². The molecule has 0 aliphatic carbocycles. The van der Waals surface area contributed by atoms with E-state index in [1.807, 2.05) is 182 Å². The second kappa shape index (κ2) is 35.7. The second-order valence-corrected chi connectivity index (χ2v) is 36.5. The minimum absolute atomic E-state index is 0.00574. The first-order valence-corrected chi connectivity index (χ1v) is 48.5. The molecule has 684 valence electrons. The topological polar surface area (TPSA) is 155 Å². The highest BCUT2D eigenvalue weighted by molar-refractivity contribution is 6.29. The summed E-state index contributed by atoms with van der Waals surface area (Å²) in [5.41, 5.74) is 16.3. The first-order chi connectivity index (χ1) is 77.0. The van der Waals surface area contributed by atoms with Crippen molar-refractivity contribution >= 4 is 163 Å². The number of furan rings is 3. The summed E-state index contributed by atoms with van der Waals surface area (Å²) < 4.78 is 103. The number of hydrogen-bond acceptors (Lipinski definition) is 12. The zero-order chi connectivity index (χ0) is 106. The van der Waals surface area contributed by atoms with Gasteiger partial charge in [0, 0.05) is 88.0 Å². The van der Waals surface area contributed by atoms with E-state index in [1.165, 1.54) is 97.0 Å². The Morgan fingerprint density at radius 1 is 0.129 bits per heavy atom. The van der Waals surface area contributed by atoms with E-state index in [1.54, 1.807) is 0 Å². The van der Waals surface area contributed by atoms with Crippen molar-refractivity contribution in [2.45, 2.75) is 0 Å². The summed E-state index contributed by atoms with van der Waals surface area (Å²) in [6.45, 7) is 0. The third-order valence-electron chi connectivity index (χ3n) is 27.9. The summed E-state index contributed by atoms with van der Waals surface area (Å²) in [6.07, 6.45) is 0. The monoisotopic (exact) mass is 1890 g/mol. The Bertz CT molecular complexity index is 11000. The fourth-order valence-corrected chi connectivity index (χ4v) is 20.9. The van der Waals surface area contributed by atoms with E-state index in [2.05, 4.69) is 259 Å². The lowest BCUT2D eigenvalue weighted by Gasteiger charge is -2.12. The van der Waals surface area contributed by atoms with Crippen molar-refractivity contribution in [3.63, 3.8) is 0 Å². The predicted molar refractivity (Wildman–Crippen MR) is 604 cm³/mol. The molecule has 0 N–H and O–H groups in total. The molecule has 6 aromatic heterocycles. The predicted octanol–water partition coefficient (Wildman–Crippen LogP) is 35.7. The van der Waals surface area contributed by atoms with Gasteiger partial charge in [0.15, 0.2) is 52.4 Å². The summed E-state index contributed by atoms with van der Waals surface area (Å²) in [4.78, 5) is 43.0. The maximum Gasteiger partial charge on any atom is 0.164 e. The third-order valence-corrected chi connectivity index (χ3v) is 27.9. The first-order valence-electron chi connectivity index (χ1n) is 53.5. The highest BCUT2D eigenvalue weighted by Gasteiger charge is 2.24. The number of benzene rings is 24. The van der Waals surface area contributed by atoms with Crippen LogP contribution in [0, 0.1) is 0 Å². The molecule has 0 saturated carbocycles. The molecule has 30 rings (SSSR count). The summed E-state index contributed by atoms with van der Waals surface area (Å²) in [6, 6.07) is 143. The number of para-hydroxylation sites is 1. The van der Waals surface area contributed by atoms with Crippen molar-refractivity contribution in [3.05, 3.63) is 491 Å². The Labute approximate surface area is 856 Å². The van der Waals surface area contributed by atoms with Crippen LogP contribution in [0.15, 0.2) is 504 Å². The van der Waals surface area contributed by atoms with Gasteiger partial charge in [-0.3, -0.25) is 0 Å². The molecule has 12 heteroatoms. The fraction of sp³-hybridized carbons (Fsp3) is 0. The highest BCUT2D eigenvalue weighted by Crippen LogP contribution is 2.47. The number of fused-ring (bicyclic) bond motifs is 27. The number of nitrogens with zero attached hydrogens (tertiary/aromatic N) is 9. The molecule has 0 radical (unpaired) electrons. The molecule has 12 nitrogen and oxygen atoms in total. The maximum atomic E-state index is 8.63. The van der Waals surface area contributed by atoms with Gasteiger partial charge in [-0.05, 0) is 222 Å². The molecule has 0 saturated heterocycles. The minimum atomic E-state index is -0.478. The molecular weight excluding hydrogens is 1800 g/mol. The van der Waals surface area contributed by atoms with Crippen LogP contribution in [-0.4, -0.2) is 44.9 Å². The van der Waals surface area contributed by atoms with Gasteiger partial charge in [-0.2, -0.15) is 0 Å². The summed E-state index contributed by atoms with van der Waals surface area (Å²) in [5, 5.41) is 27.9. The third kappa shape index (κ3) is 15.3. The van der Waals surface area contributed by atoms with Crippen LogP contribution >= 0.6 is 0 Å². The molecular formula is C135H81N9O3. The highest BCUT2D eigenvalue weighted by atomic mass is 16.3. The van der Waals surface area contributed by atoms with Crippen LogP contribution in [0.2, 0.25) is 0 Å². The molecule has 0 unspecified atom stereocenters. The van der Waals surface area contributed by atoms with Gasteiger partial charge in [0.2, 0.25) is 0 Å². The van der Waals surface area contributed by atoms with Gasteiger partial charge in [-0.1, -0.05) is 394 Å². The SMILES string of the molecule is [2H]c1c([2H])c([2H])c(-c2nc(-c3ccccc3)nc(-c3ccc4oc5c(-c6ccc7c8ccccc8c8ccccc8c7c6)cccc5c4c3)n2)c([2H])c1[2H].[2H]c1c([2H])c([2H])c(-c2nc(-c3ccccc3)nc(-c3ccc4oc5cc(-c6ccc7c8ccccc8c8ccccc8c7c6)ccc5c4c3)n2)c([2H])c1[2H].c1ccc(-c2nc(-c3ccccc3)nc(-c3ccc4oc5cc(-c6ccc7c8ccccc8c8ccccc8c7c6)ccc5c4c3)n2)cc1. The van der Waals surface area contributed by atoms with E-state index in [0.29, 0.717) is 74.2 Å². The van der Waals surface area contributed by atoms with E-state index in [4.69, 9.17) is 61.8 Å². The Balaban J connectivity index is 0.000000112. The zero-order valence-electron chi connectivity index (χ0n) is 88.2. The van der Waals surface area contributed by atoms with Crippen molar-refractivity contribution in [2.75, 3.05) is 0 Å². The molecule has 0 aliphatic heterocycles. The molecule has 0 amide bonds. The number of aromatic nitrogens is 9. The van der Waals surface area contributed by atoms with Crippen LogP contribution in [-0.2, 0) is 0 Å². The van der Waals surface area contributed by atoms with E-state index < -0.39 is 36.3 Å². The first kappa shape index (κ1) is 75.0. The van der Waals surface area contributed by atoms with Crippen LogP contribution in [0.1, 0.15) is 13.7 Å². The Morgan fingerprint density at radius 2 is 0.347 bits per heavy atom. The average molecular weight is 1890 g/mol. The molecule has 0 bridgehead atoms. The summed E-state index contributed by atoms with van der Waals surface area (Å²) >= 11 is 0. The van der Waals surface area contributed by atoms with Crippen molar-refractivity contribution in [2.24, 2.45) is 0 Å². The van der Waals surface area contributed by atoms with Crippen molar-refractivity contribution in [1.82, 2.24) is 44.9 Å². The quantitative estimate of drug-likeness (QED) is 0.107. The molecule has 6 heterocycles. The molecule has 30 aromatic rings. The van der Waals surface area contributed by atoms with E-state index in [9.17, 15) is 0 Å². The standard InChI is InChI=1S/3C45H27N3O/c1-3-12-28(13-4-1)43-46-44(29-14-5-2-6-15-29)48-45(47-43)31-23-25-41-40(27-31)38-21-11-20-32(42(38)49-41)30-22-24-37-35-18-8-7-16-33(35)34-17-9-10-19-36(34)39(37)26-30;2*1-3-11-28(12-4-1)43-46-44(29-13-5-2-6-14-29)48-45(47-43)32-21-24-41-40(26-32)38-23-20-31(27-42(38)49-41)30-19-22-37-35-17-8-7-15-33(35)34-16-9-10-18-36(34)39(37)25-30/h3*1-27H/i1D,3D,4D,12D,13D;1D,3D,4D,11D,12D;. The summed E-state index contributed by atoms with van der Waals surface area (Å²) in [5.74, 6) is 3.13. The minimum Gasteiger partial charge on any atom is -0.456 e. The largest absolute Gasteiger partial charge is 0.456 e. The Kier molecular flexibility index (Phi) is 18.2. The lowest BCUT2D eigenvalue weighted by Crippen LogP contribution is -2.00. The number of rotatable bonds is 12. The second-order valence-electron chi connectivity index (χ2n) is 36.5. The van der Waals surface area contributed by atoms with Gasteiger partial charge in [0.05, 0.1) is 13.7 Å². The van der Waals surface area contributed by atoms with Crippen molar-refractivity contribution in [3.8, 4) is 136 Å². The molecule has 24 aromatic carbocycles. The van der Waals surface area contributed by atoms with Crippen LogP contribution in [0.3, 0.4) is 0 Å². The van der Waals surface area contributed by atoms with Gasteiger partial charge < -0.3 is 13.3 Å². The lowest BCUT2D eigenvalue weighted by atomic mass is 9.92. The lowest BCUT2D eigenvalue weighted by molar-refractivity contribution is 0.668. The van der Waals surface area contributed by atoms with Gasteiger partial charge in [-0.15, -0.1) is 0 Å². The van der Waals surface area contributed by atoms with Gasteiger partial charge in [0.25, 0.3) is 0 Å². The Morgan fingerprint density at radius 3 is 0.660 bits per heavy atom. The van der Waals surface area contributed by atoms with E-state index in [0.717, 1.165) is 105 Å². The molecule has 0 fully saturated rings. The van der Waals surface area contributed by atoms with Crippen molar-refractivity contribution < 1.29 is 27.0 Å². The number of hydrogen-bond donors (Lipinski definition) is 0. The van der Waals surface area contributed by atoms with Crippen LogP contribution < -0.4 is 0 Å².